The summed E-state index contributed by atoms with van der Waals surface area (Å²) in [7, 11) is 0. The molecule has 0 spiro atoms. The van der Waals surface area contributed by atoms with Gasteiger partial charge in [0.05, 0.1) is 12.6 Å². The number of rotatable bonds is 6. The molecule has 6 nitrogen and oxygen atoms in total. The first-order valence-corrected chi connectivity index (χ1v) is 7.60. The summed E-state index contributed by atoms with van der Waals surface area (Å²) < 4.78 is 0. The summed E-state index contributed by atoms with van der Waals surface area (Å²) in [5.41, 5.74) is -0.989. The number of carbonyl (C=O) groups is 2. The largest absolute Gasteiger partial charge is 0.355 e. The fourth-order valence-electron chi connectivity index (χ4n) is 2.18. The van der Waals surface area contributed by atoms with Gasteiger partial charge in [0.2, 0.25) is 11.8 Å². The van der Waals surface area contributed by atoms with Crippen LogP contribution < -0.4 is 10.6 Å². The van der Waals surface area contributed by atoms with E-state index < -0.39 is 5.41 Å². The predicted octanol–water partition coefficient (Wildman–Crippen LogP) is 0.643. The van der Waals surface area contributed by atoms with Crippen molar-refractivity contribution >= 4 is 11.8 Å². The molecule has 0 aromatic carbocycles. The van der Waals surface area contributed by atoms with Crippen molar-refractivity contribution in [2.45, 2.75) is 46.1 Å². The van der Waals surface area contributed by atoms with E-state index in [-0.39, 0.29) is 17.9 Å². The summed E-state index contributed by atoms with van der Waals surface area (Å²) in [6.07, 6.45) is 2.57. The number of piperidine rings is 1. The molecule has 118 valence electrons. The van der Waals surface area contributed by atoms with Crippen LogP contribution in [0.15, 0.2) is 0 Å². The highest BCUT2D eigenvalue weighted by atomic mass is 16.2. The van der Waals surface area contributed by atoms with Gasteiger partial charge in [0, 0.05) is 25.7 Å². The Labute approximate surface area is 126 Å². The van der Waals surface area contributed by atoms with Crippen LogP contribution >= 0.6 is 0 Å². The molecular weight excluding hydrogens is 268 g/mol. The van der Waals surface area contributed by atoms with Gasteiger partial charge in [-0.1, -0.05) is 6.92 Å². The lowest BCUT2D eigenvalue weighted by Crippen LogP contribution is -2.49. The minimum Gasteiger partial charge on any atom is -0.355 e. The molecule has 0 radical (unpaired) electrons. The average molecular weight is 294 g/mol. The maximum atomic E-state index is 11.9. The highest BCUT2D eigenvalue weighted by Crippen LogP contribution is 2.16. The molecule has 6 heteroatoms. The van der Waals surface area contributed by atoms with Crippen LogP contribution in [0.25, 0.3) is 0 Å². The minimum absolute atomic E-state index is 0.0601. The molecule has 1 aliphatic heterocycles. The van der Waals surface area contributed by atoms with Crippen LogP contribution in [0, 0.1) is 16.7 Å². The molecule has 1 rings (SSSR count). The average Bonchev–Trinajstić information content (AvgIpc) is 2.47. The van der Waals surface area contributed by atoms with Gasteiger partial charge >= 0.3 is 0 Å². The van der Waals surface area contributed by atoms with E-state index in [1.807, 2.05) is 13.0 Å². The number of nitrogens with zero attached hydrogens (tertiary/aromatic N) is 2. The van der Waals surface area contributed by atoms with Gasteiger partial charge in [0.25, 0.3) is 0 Å². The van der Waals surface area contributed by atoms with Gasteiger partial charge < -0.3 is 10.6 Å². The molecule has 1 fully saturated rings. The van der Waals surface area contributed by atoms with Gasteiger partial charge in [-0.3, -0.25) is 14.5 Å². The third kappa shape index (κ3) is 5.72. The zero-order chi connectivity index (χ0) is 15.9. The third-order valence-corrected chi connectivity index (χ3v) is 3.71. The van der Waals surface area contributed by atoms with Crippen molar-refractivity contribution in [3.63, 3.8) is 0 Å². The molecule has 1 saturated heterocycles. The van der Waals surface area contributed by atoms with Crippen molar-refractivity contribution in [3.05, 3.63) is 0 Å². The molecule has 0 bridgehead atoms. The van der Waals surface area contributed by atoms with Gasteiger partial charge in [0.15, 0.2) is 0 Å². The number of hydrogen-bond acceptors (Lipinski definition) is 4. The second-order valence-corrected chi connectivity index (χ2v) is 6.11. The van der Waals surface area contributed by atoms with E-state index in [4.69, 9.17) is 5.26 Å². The lowest BCUT2D eigenvalue weighted by Gasteiger charge is -2.32. The van der Waals surface area contributed by atoms with Gasteiger partial charge in [-0.15, -0.1) is 0 Å². The van der Waals surface area contributed by atoms with Crippen LogP contribution in [0.3, 0.4) is 0 Å². The zero-order valence-electron chi connectivity index (χ0n) is 13.2. The fourth-order valence-corrected chi connectivity index (χ4v) is 2.18. The summed E-state index contributed by atoms with van der Waals surface area (Å²) >= 11 is 0. The predicted molar refractivity (Wildman–Crippen MR) is 80.3 cm³/mol. The normalized spacial score (nSPS) is 17.0. The van der Waals surface area contributed by atoms with E-state index >= 15 is 0 Å². The number of hydrogen-bond donors (Lipinski definition) is 2. The molecule has 0 aromatic rings. The summed E-state index contributed by atoms with van der Waals surface area (Å²) in [5.74, 6) is -0.158. The molecule has 0 unspecified atom stereocenters. The molecule has 0 saturated carbocycles. The van der Waals surface area contributed by atoms with E-state index in [1.165, 1.54) is 0 Å². The summed E-state index contributed by atoms with van der Waals surface area (Å²) in [5, 5.41) is 14.7. The smallest absolute Gasteiger partial charge is 0.240 e. The Bertz CT molecular complexity index is 406. The van der Waals surface area contributed by atoms with E-state index in [0.29, 0.717) is 13.1 Å². The Balaban J connectivity index is 2.31. The molecular formula is C15H26N4O2. The monoisotopic (exact) mass is 294 g/mol. The van der Waals surface area contributed by atoms with E-state index in [0.717, 1.165) is 32.4 Å². The van der Waals surface area contributed by atoms with Gasteiger partial charge in [0.1, 0.15) is 5.41 Å². The van der Waals surface area contributed by atoms with Crippen molar-refractivity contribution in [1.29, 1.82) is 5.26 Å². The Morgan fingerprint density at radius 2 is 1.95 bits per heavy atom. The van der Waals surface area contributed by atoms with Crippen molar-refractivity contribution in [3.8, 4) is 6.07 Å². The van der Waals surface area contributed by atoms with Crippen molar-refractivity contribution in [2.24, 2.45) is 5.41 Å². The van der Waals surface area contributed by atoms with Gasteiger partial charge in [-0.2, -0.15) is 5.26 Å². The highest BCUT2D eigenvalue weighted by Gasteiger charge is 2.30. The number of nitriles is 1. The second kappa shape index (κ2) is 7.99. The summed E-state index contributed by atoms with van der Waals surface area (Å²) in [6, 6.07) is 2.11. The topological polar surface area (TPSA) is 85.2 Å². The molecule has 2 amide bonds. The summed E-state index contributed by atoms with van der Waals surface area (Å²) in [4.78, 5) is 25.7. The van der Waals surface area contributed by atoms with E-state index in [1.54, 1.807) is 13.8 Å². The number of carbonyl (C=O) groups excluding carboxylic acids is 2. The molecule has 0 atom stereocenters. The van der Waals surface area contributed by atoms with Gasteiger partial charge in [-0.05, 0) is 33.1 Å². The quantitative estimate of drug-likeness (QED) is 0.753. The van der Waals surface area contributed by atoms with Crippen LogP contribution in [0.2, 0.25) is 0 Å². The lowest BCUT2D eigenvalue weighted by atomic mass is 9.93. The Morgan fingerprint density at radius 1 is 1.33 bits per heavy atom. The molecule has 0 aromatic heterocycles. The van der Waals surface area contributed by atoms with Crippen LogP contribution in [0.1, 0.15) is 40.0 Å². The molecule has 1 aliphatic rings. The second-order valence-electron chi connectivity index (χ2n) is 6.11. The zero-order valence-corrected chi connectivity index (χ0v) is 13.2. The number of amides is 2. The maximum Gasteiger partial charge on any atom is 0.240 e. The minimum atomic E-state index is -0.989. The van der Waals surface area contributed by atoms with Crippen molar-refractivity contribution in [1.82, 2.24) is 15.5 Å². The van der Waals surface area contributed by atoms with E-state index in [2.05, 4.69) is 15.5 Å². The van der Waals surface area contributed by atoms with Crippen LogP contribution in [0.4, 0.5) is 0 Å². The Kier molecular flexibility index (Phi) is 6.63. The van der Waals surface area contributed by atoms with Crippen LogP contribution in [-0.4, -0.2) is 48.9 Å². The van der Waals surface area contributed by atoms with Crippen molar-refractivity contribution in [2.75, 3.05) is 26.2 Å². The maximum absolute atomic E-state index is 11.9. The van der Waals surface area contributed by atoms with E-state index in [9.17, 15) is 9.59 Å². The fraction of sp³-hybridized carbons (Fsp3) is 0.800. The Morgan fingerprint density at radius 3 is 2.48 bits per heavy atom. The number of likely N-dealkylation sites (tertiary alicyclic amines) is 1. The highest BCUT2D eigenvalue weighted by molar-refractivity contribution is 5.84. The first kappa shape index (κ1) is 17.4. The van der Waals surface area contributed by atoms with Gasteiger partial charge in [-0.25, -0.2) is 0 Å². The lowest BCUT2D eigenvalue weighted by molar-refractivity contribution is -0.128. The van der Waals surface area contributed by atoms with Crippen LogP contribution in [0.5, 0.6) is 0 Å². The first-order valence-electron chi connectivity index (χ1n) is 7.60. The van der Waals surface area contributed by atoms with Crippen molar-refractivity contribution < 1.29 is 9.59 Å². The number of nitrogens with one attached hydrogen (secondary N) is 2. The Hall–Kier alpha value is -1.61. The molecule has 21 heavy (non-hydrogen) atoms. The molecule has 1 heterocycles. The van der Waals surface area contributed by atoms with Crippen LogP contribution in [-0.2, 0) is 9.59 Å². The SMILES string of the molecule is CCCNC(=O)CN1CCC(NC(=O)C(C)(C)C#N)CC1. The summed E-state index contributed by atoms with van der Waals surface area (Å²) in [6.45, 7) is 7.98. The standard InChI is InChI=1S/C15H26N4O2/c1-4-7-17-13(20)10-19-8-5-12(6-9-19)18-14(21)15(2,3)11-16/h12H,4-10H2,1-3H3,(H,17,20)(H,18,21). The molecule has 2 N–H and O–H groups in total. The first-order chi connectivity index (χ1) is 9.89. The molecule has 0 aliphatic carbocycles. The third-order valence-electron chi connectivity index (χ3n) is 3.71.